The molecule has 0 saturated heterocycles. The van der Waals surface area contributed by atoms with Crippen LogP contribution in [0.3, 0.4) is 0 Å². The fraction of sp³-hybridized carbons (Fsp3) is 0.214. The van der Waals surface area contributed by atoms with Crippen LogP contribution in [0.1, 0.15) is 16.2 Å². The first kappa shape index (κ1) is 17.0. The zero-order chi connectivity index (χ0) is 17.0. The minimum Gasteiger partial charge on any atom is -0.321 e. The van der Waals surface area contributed by atoms with E-state index in [4.69, 9.17) is 4.84 Å². The van der Waals surface area contributed by atoms with Gasteiger partial charge in [-0.2, -0.15) is 0 Å². The fourth-order valence-electron chi connectivity index (χ4n) is 1.66. The molecule has 1 amide bonds. The lowest BCUT2D eigenvalue weighted by molar-refractivity contribution is -0.0258. The Bertz CT molecular complexity index is 789. The van der Waals surface area contributed by atoms with Crippen molar-refractivity contribution in [2.24, 2.45) is 0 Å². The first-order valence-corrected chi connectivity index (χ1v) is 8.01. The molecule has 0 fully saturated rings. The molecule has 0 radical (unpaired) electrons. The van der Waals surface area contributed by atoms with Crippen molar-refractivity contribution < 1.29 is 18.0 Å². The van der Waals surface area contributed by atoms with Crippen LogP contribution < -0.4 is 5.32 Å². The Kier molecular flexibility index (Phi) is 5.04. The van der Waals surface area contributed by atoms with Crippen molar-refractivity contribution in [1.82, 2.24) is 14.4 Å². The molecule has 2 rings (SSSR count). The molecule has 0 bridgehead atoms. The summed E-state index contributed by atoms with van der Waals surface area (Å²) in [5, 5.41) is 2.62. The van der Waals surface area contributed by atoms with E-state index < -0.39 is 15.9 Å². The van der Waals surface area contributed by atoms with Crippen LogP contribution in [0.2, 0.25) is 0 Å². The Morgan fingerprint density at radius 3 is 2.35 bits per heavy atom. The zero-order valence-corrected chi connectivity index (χ0v) is 13.7. The summed E-state index contributed by atoms with van der Waals surface area (Å²) >= 11 is 0. The molecule has 1 N–H and O–H groups in total. The summed E-state index contributed by atoms with van der Waals surface area (Å²) in [6.45, 7) is 1.77. The lowest BCUT2D eigenvalue weighted by atomic mass is 10.3. The third-order valence-corrected chi connectivity index (χ3v) is 4.71. The molecule has 2 aromatic rings. The molecule has 0 aliphatic carbocycles. The van der Waals surface area contributed by atoms with E-state index >= 15 is 0 Å². The van der Waals surface area contributed by atoms with Crippen LogP contribution in [-0.2, 0) is 14.9 Å². The summed E-state index contributed by atoms with van der Waals surface area (Å²) in [6.07, 6.45) is 2.86. The van der Waals surface area contributed by atoms with Gasteiger partial charge in [-0.25, -0.2) is 13.4 Å². The van der Waals surface area contributed by atoms with Gasteiger partial charge in [-0.1, -0.05) is 4.47 Å². The number of anilines is 1. The van der Waals surface area contributed by atoms with E-state index in [9.17, 15) is 13.2 Å². The van der Waals surface area contributed by atoms with E-state index in [0.29, 0.717) is 11.4 Å². The van der Waals surface area contributed by atoms with Gasteiger partial charge >= 0.3 is 0 Å². The molecular formula is C14H16N4O4S. The molecule has 0 spiro atoms. The van der Waals surface area contributed by atoms with E-state index in [1.807, 2.05) is 0 Å². The van der Waals surface area contributed by atoms with E-state index in [2.05, 4.69) is 15.3 Å². The van der Waals surface area contributed by atoms with Crippen molar-refractivity contribution in [3.05, 3.63) is 48.0 Å². The molecule has 1 aromatic heterocycles. The van der Waals surface area contributed by atoms with Crippen LogP contribution in [0.5, 0.6) is 0 Å². The first-order chi connectivity index (χ1) is 10.8. The van der Waals surface area contributed by atoms with E-state index in [-0.39, 0.29) is 10.6 Å². The summed E-state index contributed by atoms with van der Waals surface area (Å²) in [5.41, 5.74) is 1.32. The van der Waals surface area contributed by atoms with Crippen LogP contribution >= 0.6 is 0 Å². The van der Waals surface area contributed by atoms with Gasteiger partial charge in [-0.05, 0) is 31.2 Å². The second kappa shape index (κ2) is 6.82. The van der Waals surface area contributed by atoms with Gasteiger partial charge in [0.15, 0.2) is 0 Å². The second-order valence-electron chi connectivity index (χ2n) is 4.62. The third-order valence-electron chi connectivity index (χ3n) is 3.02. The summed E-state index contributed by atoms with van der Waals surface area (Å²) in [5.74, 6) is -0.429. The number of rotatable bonds is 5. The van der Waals surface area contributed by atoms with Crippen LogP contribution in [-0.4, -0.2) is 42.9 Å². The van der Waals surface area contributed by atoms with Crippen LogP contribution in [0.4, 0.5) is 5.69 Å². The summed E-state index contributed by atoms with van der Waals surface area (Å²) in [6, 6.07) is 5.72. The largest absolute Gasteiger partial charge is 0.321 e. The Hall–Kier alpha value is -2.36. The maximum Gasteiger partial charge on any atom is 0.275 e. The standard InChI is InChI=1S/C14H16N4O4S/c1-10-8-16-13(9-15-10)14(19)17-11-4-6-12(7-5-11)23(20,21)18(2)22-3/h4-9H,1-3H3,(H,17,19). The number of hydrogen-bond donors (Lipinski definition) is 1. The van der Waals surface area contributed by atoms with E-state index in [1.165, 1.54) is 50.8 Å². The minimum atomic E-state index is -3.72. The number of nitrogens with zero attached hydrogens (tertiary/aromatic N) is 3. The third kappa shape index (κ3) is 3.89. The van der Waals surface area contributed by atoms with Gasteiger partial charge in [0.1, 0.15) is 5.69 Å². The molecule has 0 aliphatic rings. The van der Waals surface area contributed by atoms with E-state index in [0.717, 1.165) is 4.47 Å². The van der Waals surface area contributed by atoms with Crippen molar-refractivity contribution in [3.8, 4) is 0 Å². The van der Waals surface area contributed by atoms with Gasteiger partial charge in [0.25, 0.3) is 15.9 Å². The van der Waals surface area contributed by atoms with E-state index in [1.54, 1.807) is 6.92 Å². The molecule has 1 aromatic carbocycles. The summed E-state index contributed by atoms with van der Waals surface area (Å²) < 4.78 is 24.8. The SMILES string of the molecule is CON(C)S(=O)(=O)c1ccc(NC(=O)c2cnc(C)cn2)cc1. The highest BCUT2D eigenvalue weighted by atomic mass is 32.2. The van der Waals surface area contributed by atoms with Gasteiger partial charge < -0.3 is 5.32 Å². The fourth-order valence-corrected chi connectivity index (χ4v) is 2.63. The van der Waals surface area contributed by atoms with Gasteiger partial charge in [0.2, 0.25) is 0 Å². The van der Waals surface area contributed by atoms with Crippen molar-refractivity contribution >= 4 is 21.6 Å². The maximum atomic E-state index is 12.0. The lowest BCUT2D eigenvalue weighted by Crippen LogP contribution is -2.25. The Balaban J connectivity index is 2.14. The first-order valence-electron chi connectivity index (χ1n) is 6.57. The summed E-state index contributed by atoms with van der Waals surface area (Å²) in [7, 11) is -1.16. The number of carbonyl (C=O) groups excluding carboxylic acids is 1. The Morgan fingerprint density at radius 2 is 1.83 bits per heavy atom. The van der Waals surface area contributed by atoms with Gasteiger partial charge in [-0.15, -0.1) is 0 Å². The molecular weight excluding hydrogens is 320 g/mol. The monoisotopic (exact) mass is 336 g/mol. The normalized spacial score (nSPS) is 11.5. The van der Waals surface area contributed by atoms with Gasteiger partial charge in [0, 0.05) is 18.9 Å². The topological polar surface area (TPSA) is 101 Å². The number of nitrogens with one attached hydrogen (secondary N) is 1. The van der Waals surface area contributed by atoms with Gasteiger partial charge in [0.05, 0.1) is 23.9 Å². The van der Waals surface area contributed by atoms with Crippen molar-refractivity contribution in [2.75, 3.05) is 19.5 Å². The quantitative estimate of drug-likeness (QED) is 0.824. The number of hydroxylamine groups is 1. The number of carbonyl (C=O) groups is 1. The number of benzene rings is 1. The summed E-state index contributed by atoms with van der Waals surface area (Å²) in [4.78, 5) is 24.7. The lowest BCUT2D eigenvalue weighted by Gasteiger charge is -2.14. The second-order valence-corrected chi connectivity index (χ2v) is 6.55. The van der Waals surface area contributed by atoms with Crippen LogP contribution in [0.15, 0.2) is 41.6 Å². The number of amides is 1. The van der Waals surface area contributed by atoms with Crippen LogP contribution in [0.25, 0.3) is 0 Å². The molecule has 0 atom stereocenters. The van der Waals surface area contributed by atoms with Crippen molar-refractivity contribution in [1.29, 1.82) is 0 Å². The molecule has 0 aliphatic heterocycles. The highest BCUT2D eigenvalue weighted by Crippen LogP contribution is 2.17. The van der Waals surface area contributed by atoms with Gasteiger partial charge in [-0.3, -0.25) is 14.6 Å². The Labute approximate surface area is 134 Å². The number of hydrogen-bond acceptors (Lipinski definition) is 6. The highest BCUT2D eigenvalue weighted by Gasteiger charge is 2.20. The molecule has 122 valence electrons. The maximum absolute atomic E-state index is 12.0. The predicted octanol–water partition coefficient (Wildman–Crippen LogP) is 1.22. The minimum absolute atomic E-state index is 0.0509. The predicted molar refractivity (Wildman–Crippen MR) is 83.1 cm³/mol. The van der Waals surface area contributed by atoms with Crippen LogP contribution in [0, 0.1) is 6.92 Å². The number of sulfonamides is 1. The smallest absolute Gasteiger partial charge is 0.275 e. The number of aromatic nitrogens is 2. The Morgan fingerprint density at radius 1 is 1.17 bits per heavy atom. The average Bonchev–Trinajstić information content (AvgIpc) is 2.55. The molecule has 1 heterocycles. The number of aryl methyl sites for hydroxylation is 1. The molecule has 0 unspecified atom stereocenters. The van der Waals surface area contributed by atoms with Crippen molar-refractivity contribution in [2.45, 2.75) is 11.8 Å². The molecule has 23 heavy (non-hydrogen) atoms. The van der Waals surface area contributed by atoms with Crippen molar-refractivity contribution in [3.63, 3.8) is 0 Å². The average molecular weight is 336 g/mol. The molecule has 9 heteroatoms. The molecule has 8 nitrogen and oxygen atoms in total. The molecule has 0 saturated carbocycles. The zero-order valence-electron chi connectivity index (χ0n) is 12.8. The highest BCUT2D eigenvalue weighted by molar-refractivity contribution is 7.89.